The van der Waals surface area contributed by atoms with Crippen LogP contribution < -0.4 is 0 Å². The van der Waals surface area contributed by atoms with Gasteiger partial charge in [-0.1, -0.05) is 6.92 Å². The molecule has 0 atom stereocenters. The molecule has 4 heteroatoms. The van der Waals surface area contributed by atoms with Gasteiger partial charge >= 0.3 is 5.97 Å². The van der Waals surface area contributed by atoms with E-state index in [4.69, 9.17) is 10.4 Å². The molecule has 0 aliphatic heterocycles. The summed E-state index contributed by atoms with van der Waals surface area (Å²) in [6.07, 6.45) is 0.829. The number of rotatable bonds is 2. The van der Waals surface area contributed by atoms with Gasteiger partial charge in [0.1, 0.15) is 0 Å². The number of carbonyl (C=O) groups excluding carboxylic acids is 1. The maximum atomic E-state index is 9.94. The van der Waals surface area contributed by atoms with Crippen molar-refractivity contribution in [3.63, 3.8) is 0 Å². The van der Waals surface area contributed by atoms with E-state index in [0.717, 1.165) is 0 Å². The van der Waals surface area contributed by atoms with Crippen LogP contribution in [0, 0.1) is 0 Å². The lowest BCUT2D eigenvalue weighted by atomic mass is 10.3. The minimum atomic E-state index is -0.567. The van der Waals surface area contributed by atoms with Crippen LogP contribution in [0.1, 0.15) is 33.6 Å². The van der Waals surface area contributed by atoms with Gasteiger partial charge in [0.25, 0.3) is 0 Å². The lowest BCUT2D eigenvalue weighted by molar-refractivity contribution is -0.234. The standard InChI is InChI=1S/C4H8O3.C3H8O/c1-2-3-4(5)7-6;1-3(2)4/h6H,2-3H2,1H3;3-4H,1-2H3. The minimum absolute atomic E-state index is 0.167. The Balaban J connectivity index is 0. The zero-order chi connectivity index (χ0) is 9.28. The highest BCUT2D eigenvalue weighted by Gasteiger charge is 1.95. The van der Waals surface area contributed by atoms with Gasteiger partial charge in [0, 0.05) is 12.5 Å². The quantitative estimate of drug-likeness (QED) is 0.475. The van der Waals surface area contributed by atoms with Gasteiger partial charge in [-0.2, -0.15) is 5.26 Å². The predicted molar refractivity (Wildman–Crippen MR) is 41.0 cm³/mol. The van der Waals surface area contributed by atoms with Gasteiger partial charge in [-0.15, -0.1) is 0 Å². The second-order valence-corrected chi connectivity index (χ2v) is 2.31. The molecule has 0 aromatic carbocycles. The minimum Gasteiger partial charge on any atom is -0.394 e. The van der Waals surface area contributed by atoms with Crippen LogP contribution in [-0.2, 0) is 9.68 Å². The first-order valence-electron chi connectivity index (χ1n) is 3.56. The number of aliphatic hydroxyl groups excluding tert-OH is 1. The van der Waals surface area contributed by atoms with E-state index >= 15 is 0 Å². The molecule has 0 aliphatic rings. The summed E-state index contributed by atoms with van der Waals surface area (Å²) in [6.45, 7) is 5.27. The van der Waals surface area contributed by atoms with Crippen LogP contribution >= 0.6 is 0 Å². The van der Waals surface area contributed by atoms with E-state index in [9.17, 15) is 4.79 Å². The molecule has 0 bridgehead atoms. The van der Waals surface area contributed by atoms with Crippen LogP contribution in [-0.4, -0.2) is 22.4 Å². The van der Waals surface area contributed by atoms with Gasteiger partial charge in [-0.05, 0) is 20.3 Å². The van der Waals surface area contributed by atoms with Crippen molar-refractivity contribution in [3.8, 4) is 0 Å². The first kappa shape index (κ1) is 13.0. The molecule has 0 unspecified atom stereocenters. The molecule has 68 valence electrons. The number of carbonyl (C=O) groups is 1. The molecule has 11 heavy (non-hydrogen) atoms. The van der Waals surface area contributed by atoms with Gasteiger partial charge in [0.05, 0.1) is 0 Å². The molecule has 2 N–H and O–H groups in total. The smallest absolute Gasteiger partial charge is 0.342 e. The number of hydrogen-bond acceptors (Lipinski definition) is 4. The van der Waals surface area contributed by atoms with Crippen LogP contribution in [0.4, 0.5) is 0 Å². The third kappa shape index (κ3) is 26.6. The first-order valence-corrected chi connectivity index (χ1v) is 3.56. The van der Waals surface area contributed by atoms with E-state index < -0.39 is 5.97 Å². The fourth-order valence-corrected chi connectivity index (χ4v) is 0.250. The number of hydrogen-bond donors (Lipinski definition) is 2. The molecule has 0 radical (unpaired) electrons. The molecular weight excluding hydrogens is 148 g/mol. The van der Waals surface area contributed by atoms with Gasteiger partial charge in [-0.25, -0.2) is 4.79 Å². The van der Waals surface area contributed by atoms with Crippen LogP contribution in [0.5, 0.6) is 0 Å². The zero-order valence-corrected chi connectivity index (χ0v) is 7.20. The van der Waals surface area contributed by atoms with Crippen molar-refractivity contribution in [1.82, 2.24) is 0 Å². The molecule has 4 nitrogen and oxygen atoms in total. The Bertz CT molecular complexity index is 87.7. The van der Waals surface area contributed by atoms with E-state index in [1.165, 1.54) is 0 Å². The molecule has 0 saturated carbocycles. The van der Waals surface area contributed by atoms with Crippen LogP contribution in [0.3, 0.4) is 0 Å². The zero-order valence-electron chi connectivity index (χ0n) is 7.20. The molecule has 0 heterocycles. The summed E-state index contributed by atoms with van der Waals surface area (Å²) in [7, 11) is 0. The summed E-state index contributed by atoms with van der Waals surface area (Å²) in [5, 5.41) is 15.7. The Labute approximate surface area is 66.7 Å². The summed E-state index contributed by atoms with van der Waals surface area (Å²) in [6, 6.07) is 0. The maximum Gasteiger partial charge on any atom is 0.342 e. The summed E-state index contributed by atoms with van der Waals surface area (Å²) in [5.41, 5.74) is 0. The van der Waals surface area contributed by atoms with Crippen molar-refractivity contribution in [2.75, 3.05) is 0 Å². The average molecular weight is 164 g/mol. The van der Waals surface area contributed by atoms with Crippen molar-refractivity contribution in [1.29, 1.82) is 0 Å². The molecule has 0 amide bonds. The van der Waals surface area contributed by atoms with Crippen molar-refractivity contribution in [2.45, 2.75) is 39.7 Å². The van der Waals surface area contributed by atoms with Gasteiger partial charge in [0.2, 0.25) is 0 Å². The number of aliphatic hydroxyl groups is 1. The molecule has 0 rings (SSSR count). The van der Waals surface area contributed by atoms with Gasteiger partial charge in [0.15, 0.2) is 0 Å². The van der Waals surface area contributed by atoms with Gasteiger partial charge < -0.3 is 9.99 Å². The lowest BCUT2D eigenvalue weighted by Gasteiger charge is -1.87. The lowest BCUT2D eigenvalue weighted by Crippen LogP contribution is -1.97. The normalized spacial score (nSPS) is 8.55. The summed E-state index contributed by atoms with van der Waals surface area (Å²) < 4.78 is 0. The Hall–Kier alpha value is -0.610. The van der Waals surface area contributed by atoms with Gasteiger partial charge in [-0.3, -0.25) is 0 Å². The summed E-state index contributed by atoms with van der Waals surface area (Å²) in [4.78, 5) is 13.3. The third-order valence-electron chi connectivity index (χ3n) is 0.556. The fourth-order valence-electron chi connectivity index (χ4n) is 0.250. The van der Waals surface area contributed by atoms with Crippen LogP contribution in [0.15, 0.2) is 0 Å². The third-order valence-corrected chi connectivity index (χ3v) is 0.556. The second kappa shape index (κ2) is 9.39. The molecule has 0 saturated heterocycles. The second-order valence-electron chi connectivity index (χ2n) is 2.31. The SMILES string of the molecule is CC(C)O.CCCC(=O)OO. The molecule has 0 aromatic heterocycles. The van der Waals surface area contributed by atoms with Crippen molar-refractivity contribution >= 4 is 5.97 Å². The Morgan fingerprint density at radius 3 is 2.00 bits per heavy atom. The first-order chi connectivity index (χ1) is 5.04. The largest absolute Gasteiger partial charge is 0.394 e. The van der Waals surface area contributed by atoms with E-state index in [1.807, 2.05) is 6.92 Å². The Morgan fingerprint density at radius 1 is 1.55 bits per heavy atom. The van der Waals surface area contributed by atoms with Crippen molar-refractivity contribution < 1.29 is 20.0 Å². The molecular formula is C7H16O4. The molecule has 0 fully saturated rings. The Morgan fingerprint density at radius 2 is 1.91 bits per heavy atom. The van der Waals surface area contributed by atoms with Crippen LogP contribution in [0.25, 0.3) is 0 Å². The molecule has 0 aromatic rings. The highest BCUT2D eigenvalue weighted by Crippen LogP contribution is 1.86. The topological polar surface area (TPSA) is 66.8 Å². The van der Waals surface area contributed by atoms with Crippen LogP contribution in [0.2, 0.25) is 0 Å². The van der Waals surface area contributed by atoms with E-state index in [0.29, 0.717) is 6.42 Å². The summed E-state index contributed by atoms with van der Waals surface area (Å²) in [5.74, 6) is -0.567. The molecule has 0 aliphatic carbocycles. The van der Waals surface area contributed by atoms with E-state index in [2.05, 4.69) is 4.89 Å². The van der Waals surface area contributed by atoms with Crippen molar-refractivity contribution in [3.05, 3.63) is 0 Å². The maximum absolute atomic E-state index is 9.94. The van der Waals surface area contributed by atoms with Crippen molar-refractivity contribution in [2.24, 2.45) is 0 Å². The average Bonchev–Trinajstić information content (AvgIpc) is 1.87. The predicted octanol–water partition coefficient (Wildman–Crippen LogP) is 1.19. The van der Waals surface area contributed by atoms with E-state index in [1.54, 1.807) is 13.8 Å². The Kier molecular flexibility index (Phi) is 11.1. The highest BCUT2D eigenvalue weighted by molar-refractivity contribution is 5.68. The monoisotopic (exact) mass is 164 g/mol. The fraction of sp³-hybridized carbons (Fsp3) is 0.857. The molecule has 0 spiro atoms. The summed E-state index contributed by atoms with van der Waals surface area (Å²) >= 11 is 0. The highest BCUT2D eigenvalue weighted by atomic mass is 17.1. The van der Waals surface area contributed by atoms with E-state index in [-0.39, 0.29) is 12.5 Å².